The third-order valence-corrected chi connectivity index (χ3v) is 14.9. The molecule has 0 spiro atoms. The molecule has 1 saturated heterocycles. The summed E-state index contributed by atoms with van der Waals surface area (Å²) in [7, 11) is 0. The predicted octanol–water partition coefficient (Wildman–Crippen LogP) is 4.55. The van der Waals surface area contributed by atoms with Gasteiger partial charge in [0.15, 0.2) is 17.8 Å². The third-order valence-electron chi connectivity index (χ3n) is 14.9. The number of fused-ring (bicyclic) bond motifs is 5. The molecule has 2 saturated carbocycles. The summed E-state index contributed by atoms with van der Waals surface area (Å²) >= 11 is 0. The van der Waals surface area contributed by atoms with Crippen LogP contribution in [0.3, 0.4) is 0 Å². The van der Waals surface area contributed by atoms with Gasteiger partial charge in [0.2, 0.25) is 0 Å². The summed E-state index contributed by atoms with van der Waals surface area (Å²) in [6.45, 7) is 11.7. The highest BCUT2D eigenvalue weighted by Crippen LogP contribution is 2.70. The molecule has 0 radical (unpaired) electrons. The van der Waals surface area contributed by atoms with E-state index in [2.05, 4.69) is 5.32 Å². The molecule has 4 aliphatic rings. The highest BCUT2D eigenvalue weighted by atomic mass is 16.6. The topological polar surface area (TPSA) is 224 Å². The van der Waals surface area contributed by atoms with E-state index in [0.717, 1.165) is 6.92 Å². The Bertz CT molecular complexity index is 2330. The molecule has 1 unspecified atom stereocenters. The van der Waals surface area contributed by atoms with Crippen molar-refractivity contribution in [2.24, 2.45) is 22.2 Å². The lowest BCUT2D eigenvalue weighted by Crippen LogP contribution is -2.82. The van der Waals surface area contributed by atoms with Crippen LogP contribution in [0.1, 0.15) is 101 Å². The maximum absolute atomic E-state index is 14.6. The van der Waals surface area contributed by atoms with Crippen molar-refractivity contribution in [3.63, 3.8) is 0 Å². The number of carbonyl (C=O) groups is 5. The van der Waals surface area contributed by atoms with Crippen LogP contribution >= 0.6 is 0 Å². The molecule has 3 fully saturated rings. The highest BCUT2D eigenvalue weighted by Gasteiger charge is 2.80. The fraction of sp³-hybridized carbons (Fsp3) is 0.500. The van der Waals surface area contributed by atoms with Gasteiger partial charge in [0, 0.05) is 48.5 Å². The average Bonchev–Trinajstić information content (AvgIpc) is 3.25. The monoisotopic (exact) mass is 897 g/mol. The van der Waals surface area contributed by atoms with Gasteiger partial charge in [-0.3, -0.25) is 14.4 Å². The molecule has 15 nitrogen and oxygen atoms in total. The summed E-state index contributed by atoms with van der Waals surface area (Å²) in [5, 5.41) is 53.1. The lowest BCUT2D eigenvalue weighted by Gasteiger charge is -2.71. The first-order chi connectivity index (χ1) is 30.5. The number of ether oxygens (including phenoxy) is 5. The molecule has 348 valence electrons. The van der Waals surface area contributed by atoms with Gasteiger partial charge >= 0.3 is 23.9 Å². The Kier molecular flexibility index (Phi) is 12.7. The molecule has 0 aromatic heterocycles. The van der Waals surface area contributed by atoms with Crippen molar-refractivity contribution in [2.45, 2.75) is 128 Å². The van der Waals surface area contributed by atoms with Gasteiger partial charge in [-0.2, -0.15) is 0 Å². The molecule has 15 heteroatoms. The Morgan fingerprint density at radius 2 is 1.38 bits per heavy atom. The largest absolute Gasteiger partial charge is 0.458 e. The van der Waals surface area contributed by atoms with Gasteiger partial charge in [-0.1, -0.05) is 87.5 Å². The zero-order valence-corrected chi connectivity index (χ0v) is 37.8. The van der Waals surface area contributed by atoms with E-state index in [1.807, 2.05) is 0 Å². The normalized spacial score (nSPS) is 32.3. The Hall–Kier alpha value is -5.45. The van der Waals surface area contributed by atoms with Crippen molar-refractivity contribution in [1.82, 2.24) is 5.32 Å². The second-order valence-electron chi connectivity index (χ2n) is 19.2. The van der Waals surface area contributed by atoms with Crippen LogP contribution in [0.2, 0.25) is 0 Å². The standard InChI is InChI=1S/C50H59NO14/c1-27-33(63-45(59)38(55)37(30-18-12-9-13-19-30)51-43(57)31-20-14-10-15-21-31)25-50(47(6,7)60)42(64-44(58)32-22-16-11-17-23-32)40-48(8,34(54)24-35-49(40,26-61-35)65-29(3)53)41(56)39(62-28(2)52)36(27)46(50,4)5/h9-23,33-35,37-42,54-56,60H,24-26H2,1-8H3,(H,51,57)/t33-,34-,35+,37-,38+,39-,40-,41-,42-,48+,49-,50?/m0/s1. The number of esters is 4. The molecule has 3 aromatic rings. The minimum Gasteiger partial charge on any atom is -0.458 e. The van der Waals surface area contributed by atoms with Crippen LogP contribution < -0.4 is 5.32 Å². The maximum Gasteiger partial charge on any atom is 0.338 e. The number of hydrogen-bond donors (Lipinski definition) is 5. The lowest BCUT2D eigenvalue weighted by molar-refractivity contribution is -0.368. The zero-order valence-electron chi connectivity index (χ0n) is 37.8. The minimum absolute atomic E-state index is 0.121. The quantitative estimate of drug-likeness (QED) is 0.101. The molecule has 5 N–H and O–H groups in total. The van der Waals surface area contributed by atoms with Gasteiger partial charge in [0.25, 0.3) is 5.91 Å². The Morgan fingerprint density at radius 1 is 0.815 bits per heavy atom. The minimum atomic E-state index is -2.01. The second-order valence-corrected chi connectivity index (χ2v) is 19.2. The van der Waals surface area contributed by atoms with Crippen LogP contribution in [-0.4, -0.2) is 111 Å². The van der Waals surface area contributed by atoms with Crippen LogP contribution in [0.25, 0.3) is 0 Å². The van der Waals surface area contributed by atoms with Crippen LogP contribution in [0.5, 0.6) is 0 Å². The predicted molar refractivity (Wildman–Crippen MR) is 232 cm³/mol. The molecular weight excluding hydrogens is 839 g/mol. The van der Waals surface area contributed by atoms with Crippen molar-refractivity contribution >= 4 is 29.8 Å². The fourth-order valence-electron chi connectivity index (χ4n) is 11.8. The number of amides is 1. The van der Waals surface area contributed by atoms with Crippen molar-refractivity contribution in [2.75, 3.05) is 6.61 Å². The van der Waals surface area contributed by atoms with Crippen molar-refractivity contribution in [3.8, 4) is 0 Å². The van der Waals surface area contributed by atoms with E-state index in [1.54, 1.807) is 107 Å². The van der Waals surface area contributed by atoms with E-state index >= 15 is 0 Å². The smallest absolute Gasteiger partial charge is 0.338 e. The van der Waals surface area contributed by atoms with E-state index in [4.69, 9.17) is 23.7 Å². The number of carbonyl (C=O) groups excluding carboxylic acids is 5. The van der Waals surface area contributed by atoms with E-state index in [0.29, 0.717) is 5.56 Å². The van der Waals surface area contributed by atoms with Crippen molar-refractivity contribution in [3.05, 3.63) is 119 Å². The van der Waals surface area contributed by atoms with E-state index < -0.39 is 112 Å². The van der Waals surface area contributed by atoms with Crippen LogP contribution in [-0.2, 0) is 38.1 Å². The van der Waals surface area contributed by atoms with Gasteiger partial charge in [0.1, 0.15) is 24.4 Å². The first-order valence-electron chi connectivity index (χ1n) is 21.9. The molecule has 65 heavy (non-hydrogen) atoms. The maximum atomic E-state index is 14.6. The van der Waals surface area contributed by atoms with Crippen LogP contribution in [0.15, 0.2) is 102 Å². The van der Waals surface area contributed by atoms with Crippen molar-refractivity contribution < 1.29 is 68.1 Å². The number of hydrogen-bond acceptors (Lipinski definition) is 14. The molecule has 1 heterocycles. The number of nitrogens with one attached hydrogen (secondary N) is 1. The summed E-state index contributed by atoms with van der Waals surface area (Å²) in [4.78, 5) is 69.2. The molecule has 3 aromatic carbocycles. The van der Waals surface area contributed by atoms with Crippen LogP contribution in [0.4, 0.5) is 0 Å². The molecule has 3 aliphatic carbocycles. The van der Waals surface area contributed by atoms with Gasteiger partial charge in [-0.25, -0.2) is 9.59 Å². The first kappa shape index (κ1) is 47.5. The van der Waals surface area contributed by atoms with E-state index in [1.165, 1.54) is 32.9 Å². The van der Waals surface area contributed by atoms with Crippen molar-refractivity contribution in [1.29, 1.82) is 0 Å². The van der Waals surface area contributed by atoms with E-state index in [9.17, 15) is 44.4 Å². The zero-order chi connectivity index (χ0) is 47.4. The fourth-order valence-corrected chi connectivity index (χ4v) is 11.8. The Morgan fingerprint density at radius 3 is 1.91 bits per heavy atom. The molecule has 1 amide bonds. The number of aliphatic hydroxyl groups excluding tert-OH is 3. The summed E-state index contributed by atoms with van der Waals surface area (Å²) in [6.07, 6.45) is -11.3. The third kappa shape index (κ3) is 7.84. The summed E-state index contributed by atoms with van der Waals surface area (Å²) in [5.74, 6) is -5.55. The van der Waals surface area contributed by atoms with Gasteiger partial charge in [-0.15, -0.1) is 0 Å². The first-order valence-corrected chi connectivity index (χ1v) is 21.9. The molecule has 1 aliphatic heterocycles. The molecule has 12 atom stereocenters. The Labute approximate surface area is 378 Å². The number of rotatable bonds is 11. The lowest BCUT2D eigenvalue weighted by atomic mass is 9.38. The van der Waals surface area contributed by atoms with Gasteiger partial charge < -0.3 is 49.4 Å². The average molecular weight is 898 g/mol. The summed E-state index contributed by atoms with van der Waals surface area (Å²) in [5.41, 5.74) is -7.57. The summed E-state index contributed by atoms with van der Waals surface area (Å²) in [6, 6.07) is 23.3. The number of benzene rings is 3. The molecule has 7 rings (SSSR count). The van der Waals surface area contributed by atoms with E-state index in [-0.39, 0.29) is 41.7 Å². The highest BCUT2D eigenvalue weighted by molar-refractivity contribution is 5.95. The Balaban J connectivity index is 1.45. The van der Waals surface area contributed by atoms with Gasteiger partial charge in [0.05, 0.1) is 35.8 Å². The SMILES string of the molecule is CC(=O)O[C@H]1C2=C(C)[C@@H](OC(=O)[C@H](O)[C@@H](NC(=O)c3ccccc3)c3ccccc3)CC(C(C)(C)O)([C@@H](OC(=O)c3ccccc3)[C@@H]3[C@]4(OC(C)=O)CO[C@@H]4C[C@H](O)[C@@]3(C)[C@H]1O)C2(C)C. The number of aliphatic hydroxyl groups is 4. The summed E-state index contributed by atoms with van der Waals surface area (Å²) < 4.78 is 31.4. The molecular formula is C50H59NO14. The van der Waals surface area contributed by atoms with Crippen LogP contribution in [0, 0.1) is 22.2 Å². The van der Waals surface area contributed by atoms with Gasteiger partial charge in [-0.05, 0) is 61.7 Å². The molecule has 2 bridgehead atoms. The second kappa shape index (κ2) is 17.4.